The maximum absolute atomic E-state index is 11.9. The maximum atomic E-state index is 11.9. The maximum Gasteiger partial charge on any atom is 0.238 e. The van der Waals surface area contributed by atoms with E-state index in [9.17, 15) is 4.79 Å². The van der Waals surface area contributed by atoms with Crippen molar-refractivity contribution in [3.8, 4) is 5.75 Å². The molecule has 0 saturated carbocycles. The summed E-state index contributed by atoms with van der Waals surface area (Å²) < 4.78 is 5.15. The molecule has 5 heteroatoms. The number of benzene rings is 1. The molecule has 1 fully saturated rings. The lowest BCUT2D eigenvalue weighted by molar-refractivity contribution is -0.128. The van der Waals surface area contributed by atoms with Gasteiger partial charge in [0, 0.05) is 13.1 Å². The third-order valence-electron chi connectivity index (χ3n) is 3.30. The van der Waals surface area contributed by atoms with Gasteiger partial charge in [0.1, 0.15) is 11.9 Å². The molecule has 0 aliphatic carbocycles. The fourth-order valence-corrected chi connectivity index (χ4v) is 2.19. The lowest BCUT2D eigenvalue weighted by atomic mass is 10.1. The molecule has 5 nitrogen and oxygen atoms in total. The Morgan fingerprint density at radius 1 is 1.37 bits per heavy atom. The lowest BCUT2D eigenvalue weighted by Gasteiger charge is -2.26. The number of nitrogens with zero attached hydrogens (tertiary/aromatic N) is 2. The Balaban J connectivity index is 2.10. The van der Waals surface area contributed by atoms with E-state index in [2.05, 4.69) is 10.2 Å². The molecule has 1 aromatic carbocycles. The van der Waals surface area contributed by atoms with Crippen molar-refractivity contribution < 1.29 is 9.53 Å². The second kappa shape index (κ2) is 6.04. The molecule has 0 spiro atoms. The highest BCUT2D eigenvalue weighted by molar-refractivity contribution is 5.81. The second-order valence-electron chi connectivity index (χ2n) is 4.95. The first-order valence-electron chi connectivity index (χ1n) is 6.43. The molecule has 1 atom stereocenters. The van der Waals surface area contributed by atoms with Crippen LogP contribution in [0.25, 0.3) is 0 Å². The minimum absolute atomic E-state index is 0.0293. The minimum atomic E-state index is -0.0293. The van der Waals surface area contributed by atoms with E-state index in [1.807, 2.05) is 43.3 Å². The predicted octanol–water partition coefficient (Wildman–Crippen LogP) is 0.687. The van der Waals surface area contributed by atoms with E-state index >= 15 is 0 Å². The van der Waals surface area contributed by atoms with E-state index in [-0.39, 0.29) is 12.1 Å². The Morgan fingerprint density at radius 3 is 2.63 bits per heavy atom. The van der Waals surface area contributed by atoms with E-state index in [4.69, 9.17) is 4.74 Å². The van der Waals surface area contributed by atoms with E-state index < -0.39 is 0 Å². The van der Waals surface area contributed by atoms with Crippen molar-refractivity contribution in [1.29, 1.82) is 0 Å². The summed E-state index contributed by atoms with van der Waals surface area (Å²) in [6.07, 6.45) is -0.0293. The molecule has 1 amide bonds. The van der Waals surface area contributed by atoms with Crippen LogP contribution in [0.15, 0.2) is 24.3 Å². The summed E-state index contributed by atoms with van der Waals surface area (Å²) >= 11 is 0. The largest absolute Gasteiger partial charge is 0.497 e. The van der Waals surface area contributed by atoms with E-state index in [1.54, 1.807) is 7.11 Å². The zero-order valence-electron chi connectivity index (χ0n) is 11.7. The Kier molecular flexibility index (Phi) is 4.39. The number of rotatable bonds is 5. The van der Waals surface area contributed by atoms with Gasteiger partial charge in [-0.25, -0.2) is 0 Å². The van der Waals surface area contributed by atoms with Crippen LogP contribution < -0.4 is 10.1 Å². The lowest BCUT2D eigenvalue weighted by Crippen LogP contribution is -2.36. The number of nitrogens with one attached hydrogen (secondary N) is 1. The normalized spacial score (nSPS) is 19.3. The molecule has 0 aromatic heterocycles. The van der Waals surface area contributed by atoms with Gasteiger partial charge < -0.3 is 14.5 Å². The average Bonchev–Trinajstić information content (AvgIpc) is 2.78. The van der Waals surface area contributed by atoms with Crippen LogP contribution in [0.3, 0.4) is 0 Å². The van der Waals surface area contributed by atoms with E-state index in [1.165, 1.54) is 0 Å². The van der Waals surface area contributed by atoms with Crippen LogP contribution in [0.5, 0.6) is 5.75 Å². The highest BCUT2D eigenvalue weighted by Crippen LogP contribution is 2.24. The first-order chi connectivity index (χ1) is 9.11. The molecule has 0 bridgehead atoms. The second-order valence-corrected chi connectivity index (χ2v) is 4.95. The van der Waals surface area contributed by atoms with Crippen LogP contribution in [-0.2, 0) is 4.79 Å². The zero-order chi connectivity index (χ0) is 13.8. The van der Waals surface area contributed by atoms with Gasteiger partial charge in [-0.15, -0.1) is 0 Å². The fourth-order valence-electron chi connectivity index (χ4n) is 2.19. The molecular formula is C14H21N3O2. The third kappa shape index (κ3) is 3.24. The summed E-state index contributed by atoms with van der Waals surface area (Å²) in [5.74, 6) is 0.982. The topological polar surface area (TPSA) is 44.8 Å². The summed E-state index contributed by atoms with van der Waals surface area (Å²) in [5, 5.41) is 3.25. The molecule has 1 aliphatic rings. The number of ether oxygens (including phenoxy) is 1. The summed E-state index contributed by atoms with van der Waals surface area (Å²) in [7, 11) is 5.67. The molecule has 1 unspecified atom stereocenters. The molecular weight excluding hydrogens is 242 g/mol. The van der Waals surface area contributed by atoms with Crippen LogP contribution in [0, 0.1) is 0 Å². The number of carbonyl (C=O) groups is 1. The van der Waals surface area contributed by atoms with Gasteiger partial charge in [0.2, 0.25) is 5.91 Å². The predicted molar refractivity (Wildman–Crippen MR) is 74.0 cm³/mol. The van der Waals surface area contributed by atoms with Gasteiger partial charge in [-0.05, 0) is 31.8 Å². The van der Waals surface area contributed by atoms with Crippen molar-refractivity contribution >= 4 is 5.91 Å². The number of methoxy groups -OCH3 is 1. The van der Waals surface area contributed by atoms with Gasteiger partial charge in [-0.3, -0.25) is 10.1 Å². The fraction of sp³-hybridized carbons (Fsp3) is 0.500. The third-order valence-corrected chi connectivity index (χ3v) is 3.30. The molecule has 1 N–H and O–H groups in total. The number of hydrogen-bond acceptors (Lipinski definition) is 4. The molecule has 19 heavy (non-hydrogen) atoms. The zero-order valence-corrected chi connectivity index (χ0v) is 11.7. The van der Waals surface area contributed by atoms with Gasteiger partial charge >= 0.3 is 0 Å². The SMILES string of the molecule is COc1ccc(C2NCC(=O)N2CCN(C)C)cc1. The number of hydrogen-bond donors (Lipinski definition) is 1. The van der Waals surface area contributed by atoms with Gasteiger partial charge in [0.25, 0.3) is 0 Å². The first kappa shape index (κ1) is 13.8. The molecule has 1 aromatic rings. The summed E-state index contributed by atoms with van der Waals surface area (Å²) in [6, 6.07) is 7.84. The molecule has 1 saturated heterocycles. The molecule has 2 rings (SSSR count). The summed E-state index contributed by atoms with van der Waals surface area (Å²) in [4.78, 5) is 15.9. The molecule has 104 valence electrons. The molecule has 1 aliphatic heterocycles. The van der Waals surface area contributed by atoms with Crippen molar-refractivity contribution in [2.75, 3.05) is 40.8 Å². The van der Waals surface area contributed by atoms with Crippen LogP contribution >= 0.6 is 0 Å². The smallest absolute Gasteiger partial charge is 0.238 e. The van der Waals surface area contributed by atoms with Gasteiger partial charge in [-0.1, -0.05) is 12.1 Å². The molecule has 0 radical (unpaired) electrons. The highest BCUT2D eigenvalue weighted by atomic mass is 16.5. The van der Waals surface area contributed by atoms with Crippen LogP contribution in [0.4, 0.5) is 0 Å². The van der Waals surface area contributed by atoms with Crippen molar-refractivity contribution in [2.45, 2.75) is 6.17 Å². The Hall–Kier alpha value is -1.59. The number of likely N-dealkylation sites (N-methyl/N-ethyl adjacent to an activating group) is 1. The Morgan fingerprint density at radius 2 is 2.05 bits per heavy atom. The summed E-state index contributed by atoms with van der Waals surface area (Å²) in [6.45, 7) is 2.00. The van der Waals surface area contributed by atoms with Crippen molar-refractivity contribution in [3.63, 3.8) is 0 Å². The highest BCUT2D eigenvalue weighted by Gasteiger charge is 2.31. The average molecular weight is 263 g/mol. The van der Waals surface area contributed by atoms with Crippen molar-refractivity contribution in [3.05, 3.63) is 29.8 Å². The van der Waals surface area contributed by atoms with Crippen molar-refractivity contribution in [1.82, 2.24) is 15.1 Å². The first-order valence-corrected chi connectivity index (χ1v) is 6.43. The van der Waals surface area contributed by atoms with Gasteiger partial charge in [0.15, 0.2) is 0 Å². The van der Waals surface area contributed by atoms with Gasteiger partial charge in [0.05, 0.1) is 13.7 Å². The quantitative estimate of drug-likeness (QED) is 0.849. The monoisotopic (exact) mass is 263 g/mol. The van der Waals surface area contributed by atoms with E-state index in [0.717, 1.165) is 24.4 Å². The standard InChI is InChI=1S/C14H21N3O2/c1-16(2)8-9-17-13(18)10-15-14(17)11-4-6-12(19-3)7-5-11/h4-7,14-15H,8-10H2,1-3H3. The number of carbonyl (C=O) groups excluding carboxylic acids is 1. The van der Waals surface area contributed by atoms with Crippen LogP contribution in [0.1, 0.15) is 11.7 Å². The molecule has 1 heterocycles. The van der Waals surface area contributed by atoms with Crippen molar-refractivity contribution in [2.24, 2.45) is 0 Å². The van der Waals surface area contributed by atoms with Crippen LogP contribution in [0.2, 0.25) is 0 Å². The Bertz CT molecular complexity index is 431. The van der Waals surface area contributed by atoms with E-state index in [0.29, 0.717) is 6.54 Å². The Labute approximate surface area is 114 Å². The summed E-state index contributed by atoms with van der Waals surface area (Å²) in [5.41, 5.74) is 1.09. The van der Waals surface area contributed by atoms with Gasteiger partial charge in [-0.2, -0.15) is 0 Å². The minimum Gasteiger partial charge on any atom is -0.497 e. The number of amides is 1. The van der Waals surface area contributed by atoms with Crippen LogP contribution in [-0.4, -0.2) is 56.5 Å².